The summed E-state index contributed by atoms with van der Waals surface area (Å²) in [4.78, 5) is 0. The van der Waals surface area contributed by atoms with Gasteiger partial charge in [-0.15, -0.1) is 0 Å². The molecule has 0 saturated heterocycles. The van der Waals surface area contributed by atoms with Gasteiger partial charge in [-0.1, -0.05) is 34.6 Å². The van der Waals surface area contributed by atoms with Gasteiger partial charge in [-0.25, -0.2) is 0 Å². The molecule has 14 heavy (non-hydrogen) atoms. The van der Waals surface area contributed by atoms with E-state index in [4.69, 9.17) is 0 Å². The number of rotatable bonds is 1. The Labute approximate surface area is 87.9 Å². The Hall–Kier alpha value is -0.0400. The van der Waals surface area contributed by atoms with Gasteiger partial charge in [-0.05, 0) is 41.9 Å². The summed E-state index contributed by atoms with van der Waals surface area (Å²) >= 11 is 0. The highest BCUT2D eigenvalue weighted by atomic mass is 16.3. The van der Waals surface area contributed by atoms with Gasteiger partial charge in [-0.2, -0.15) is 0 Å². The zero-order valence-electron chi connectivity index (χ0n) is 10.2. The van der Waals surface area contributed by atoms with Gasteiger partial charge in [0.1, 0.15) is 0 Å². The first-order valence-electron chi connectivity index (χ1n) is 5.98. The van der Waals surface area contributed by atoms with Gasteiger partial charge in [-0.3, -0.25) is 0 Å². The van der Waals surface area contributed by atoms with E-state index in [0.29, 0.717) is 5.92 Å². The van der Waals surface area contributed by atoms with E-state index in [0.717, 1.165) is 5.92 Å². The normalized spacial score (nSPS) is 50.4. The maximum atomic E-state index is 11.0. The van der Waals surface area contributed by atoms with Crippen molar-refractivity contribution in [3.05, 3.63) is 0 Å². The molecule has 2 aliphatic rings. The van der Waals surface area contributed by atoms with Crippen LogP contribution in [0.4, 0.5) is 0 Å². The molecular formula is C13H24O. The largest absolute Gasteiger partial charge is 0.388 e. The molecule has 2 fully saturated rings. The molecule has 2 bridgehead atoms. The van der Waals surface area contributed by atoms with E-state index in [-0.39, 0.29) is 10.8 Å². The van der Waals surface area contributed by atoms with Crippen molar-refractivity contribution in [1.29, 1.82) is 0 Å². The van der Waals surface area contributed by atoms with Crippen LogP contribution in [0.1, 0.15) is 53.9 Å². The van der Waals surface area contributed by atoms with Gasteiger partial charge in [0, 0.05) is 0 Å². The van der Waals surface area contributed by atoms with Crippen LogP contribution in [0.2, 0.25) is 0 Å². The van der Waals surface area contributed by atoms with Gasteiger partial charge in [0.05, 0.1) is 5.60 Å². The summed E-state index contributed by atoms with van der Waals surface area (Å²) in [5.41, 5.74) is -0.174. The Morgan fingerprint density at radius 2 is 1.79 bits per heavy atom. The van der Waals surface area contributed by atoms with Crippen molar-refractivity contribution in [2.45, 2.75) is 59.5 Å². The molecule has 0 spiro atoms. The summed E-state index contributed by atoms with van der Waals surface area (Å²) in [5, 5.41) is 11.0. The number of fused-ring (bicyclic) bond motifs is 2. The van der Waals surface area contributed by atoms with E-state index in [2.05, 4.69) is 34.6 Å². The lowest BCUT2D eigenvalue weighted by molar-refractivity contribution is -0.172. The lowest BCUT2D eigenvalue weighted by Crippen LogP contribution is -2.57. The lowest BCUT2D eigenvalue weighted by atomic mass is 9.56. The smallest absolute Gasteiger partial charge is 0.0777 e. The van der Waals surface area contributed by atoms with Crippen LogP contribution >= 0.6 is 0 Å². The highest BCUT2D eigenvalue weighted by molar-refractivity contribution is 5.18. The SMILES string of the molecule is CC(C)C1(O)C2(C)CCC(C2)C1(C)C. The third kappa shape index (κ3) is 0.856. The maximum Gasteiger partial charge on any atom is 0.0777 e. The molecule has 0 aromatic rings. The average molecular weight is 196 g/mol. The van der Waals surface area contributed by atoms with Crippen molar-refractivity contribution >= 4 is 0 Å². The van der Waals surface area contributed by atoms with Crippen LogP contribution < -0.4 is 0 Å². The minimum atomic E-state index is -0.455. The maximum absolute atomic E-state index is 11.0. The average Bonchev–Trinajstić information content (AvgIpc) is 2.51. The first kappa shape index (κ1) is 10.5. The molecule has 0 aromatic carbocycles. The molecule has 1 nitrogen and oxygen atoms in total. The molecule has 0 radical (unpaired) electrons. The van der Waals surface area contributed by atoms with E-state index >= 15 is 0 Å². The number of hydrogen-bond acceptors (Lipinski definition) is 1. The molecule has 2 rings (SSSR count). The molecule has 1 N–H and O–H groups in total. The minimum absolute atomic E-state index is 0.105. The summed E-state index contributed by atoms with van der Waals surface area (Å²) in [6.07, 6.45) is 3.77. The molecule has 0 aromatic heterocycles. The summed E-state index contributed by atoms with van der Waals surface area (Å²) < 4.78 is 0. The Morgan fingerprint density at radius 1 is 1.21 bits per heavy atom. The topological polar surface area (TPSA) is 20.2 Å². The van der Waals surface area contributed by atoms with E-state index in [1.165, 1.54) is 19.3 Å². The van der Waals surface area contributed by atoms with Crippen molar-refractivity contribution < 1.29 is 5.11 Å². The van der Waals surface area contributed by atoms with Crippen LogP contribution in [0.3, 0.4) is 0 Å². The predicted octanol–water partition coefficient (Wildman–Crippen LogP) is 3.22. The van der Waals surface area contributed by atoms with Gasteiger partial charge in [0.25, 0.3) is 0 Å². The van der Waals surface area contributed by atoms with Crippen molar-refractivity contribution in [3.8, 4) is 0 Å². The molecule has 2 aliphatic carbocycles. The first-order chi connectivity index (χ1) is 6.26. The summed E-state index contributed by atoms with van der Waals surface area (Å²) in [6.45, 7) is 11.2. The highest BCUT2D eigenvalue weighted by Gasteiger charge is 2.69. The van der Waals surface area contributed by atoms with Crippen LogP contribution in [-0.2, 0) is 0 Å². The fraction of sp³-hybridized carbons (Fsp3) is 1.00. The van der Waals surface area contributed by atoms with Gasteiger partial charge in [0.15, 0.2) is 0 Å². The van der Waals surface area contributed by atoms with Crippen molar-refractivity contribution in [1.82, 2.24) is 0 Å². The quantitative estimate of drug-likeness (QED) is 0.682. The lowest BCUT2D eigenvalue weighted by Gasteiger charge is -2.53. The van der Waals surface area contributed by atoms with Crippen molar-refractivity contribution in [2.75, 3.05) is 0 Å². The van der Waals surface area contributed by atoms with Crippen molar-refractivity contribution in [2.24, 2.45) is 22.7 Å². The summed E-state index contributed by atoms with van der Waals surface area (Å²) in [6, 6.07) is 0. The Morgan fingerprint density at radius 3 is 2.07 bits per heavy atom. The molecule has 0 heterocycles. The minimum Gasteiger partial charge on any atom is -0.388 e. The monoisotopic (exact) mass is 196 g/mol. The Kier molecular flexibility index (Phi) is 1.91. The summed E-state index contributed by atoms with van der Waals surface area (Å²) in [7, 11) is 0. The van der Waals surface area contributed by atoms with Gasteiger partial charge >= 0.3 is 0 Å². The number of hydrogen-bond donors (Lipinski definition) is 1. The fourth-order valence-corrected chi connectivity index (χ4v) is 4.73. The second kappa shape index (κ2) is 2.55. The molecular weight excluding hydrogens is 172 g/mol. The molecule has 82 valence electrons. The zero-order valence-corrected chi connectivity index (χ0v) is 10.2. The molecule has 2 saturated carbocycles. The summed E-state index contributed by atoms with van der Waals surface area (Å²) in [5.74, 6) is 1.10. The third-order valence-corrected chi connectivity index (χ3v) is 5.50. The van der Waals surface area contributed by atoms with Crippen LogP contribution in [-0.4, -0.2) is 10.7 Å². The van der Waals surface area contributed by atoms with E-state index in [1.54, 1.807) is 0 Å². The number of aliphatic hydroxyl groups is 1. The van der Waals surface area contributed by atoms with E-state index in [1.807, 2.05) is 0 Å². The second-order valence-electron chi connectivity index (χ2n) is 6.64. The standard InChI is InChI=1S/C13H24O/c1-9(2)13(14)11(3,4)10-6-7-12(13,5)8-10/h9-10,14H,6-8H2,1-5H3. The second-order valence-corrected chi connectivity index (χ2v) is 6.64. The van der Waals surface area contributed by atoms with Crippen LogP contribution in [0.15, 0.2) is 0 Å². The van der Waals surface area contributed by atoms with Crippen LogP contribution in [0, 0.1) is 22.7 Å². The van der Waals surface area contributed by atoms with E-state index < -0.39 is 5.60 Å². The Bertz CT molecular complexity index is 249. The van der Waals surface area contributed by atoms with Crippen LogP contribution in [0.25, 0.3) is 0 Å². The molecule has 1 heteroatoms. The van der Waals surface area contributed by atoms with Crippen molar-refractivity contribution in [3.63, 3.8) is 0 Å². The Balaban J connectivity index is 2.49. The third-order valence-electron chi connectivity index (χ3n) is 5.50. The van der Waals surface area contributed by atoms with E-state index in [9.17, 15) is 5.11 Å². The zero-order chi connectivity index (χ0) is 10.8. The predicted molar refractivity (Wildman–Crippen MR) is 59.0 cm³/mol. The first-order valence-corrected chi connectivity index (χ1v) is 5.98. The fourth-order valence-electron chi connectivity index (χ4n) is 4.73. The molecule has 3 unspecified atom stereocenters. The molecule has 0 aliphatic heterocycles. The molecule has 0 amide bonds. The van der Waals surface area contributed by atoms with Gasteiger partial charge in [0.2, 0.25) is 0 Å². The highest BCUT2D eigenvalue weighted by Crippen LogP contribution is 2.69. The molecule has 3 atom stereocenters. The van der Waals surface area contributed by atoms with Gasteiger partial charge < -0.3 is 5.11 Å². The van der Waals surface area contributed by atoms with Crippen LogP contribution in [0.5, 0.6) is 0 Å².